The molecule has 2 saturated heterocycles. The van der Waals surface area contributed by atoms with Gasteiger partial charge in [0.05, 0.1) is 24.7 Å². The summed E-state index contributed by atoms with van der Waals surface area (Å²) < 4.78 is 11.1. The van der Waals surface area contributed by atoms with Crippen molar-refractivity contribution in [2.75, 3.05) is 38.7 Å². The molecule has 0 aromatic heterocycles. The van der Waals surface area contributed by atoms with Crippen molar-refractivity contribution in [1.82, 2.24) is 10.2 Å². The second-order valence-corrected chi connectivity index (χ2v) is 7.95. The van der Waals surface area contributed by atoms with Crippen LogP contribution in [0, 0.1) is 5.92 Å². The summed E-state index contributed by atoms with van der Waals surface area (Å²) in [5, 5.41) is 6.15. The molecule has 30 heavy (non-hydrogen) atoms. The van der Waals surface area contributed by atoms with Gasteiger partial charge in [-0.15, -0.1) is 0 Å². The van der Waals surface area contributed by atoms with E-state index in [4.69, 9.17) is 21.1 Å². The van der Waals surface area contributed by atoms with Gasteiger partial charge < -0.3 is 20.1 Å². The predicted octanol–water partition coefficient (Wildman–Crippen LogP) is 2.30. The fourth-order valence-electron chi connectivity index (χ4n) is 4.13. The minimum atomic E-state index is -1.20. The monoisotopic (exact) mass is 429 g/mol. The van der Waals surface area contributed by atoms with E-state index in [9.17, 15) is 9.59 Å². The SMILES string of the molecule is COc1ccc(NC(=O)[C@H]2CN(Cc3ccccc3)C[C@@]23OCCNC3=O)cc1Cl. The molecule has 8 heteroatoms. The number of anilines is 1. The van der Waals surface area contributed by atoms with E-state index < -0.39 is 11.5 Å². The number of halogens is 1. The van der Waals surface area contributed by atoms with Crippen molar-refractivity contribution in [3.05, 3.63) is 59.1 Å². The van der Waals surface area contributed by atoms with E-state index in [-0.39, 0.29) is 11.8 Å². The summed E-state index contributed by atoms with van der Waals surface area (Å²) >= 11 is 6.18. The molecule has 0 aliphatic carbocycles. The number of benzene rings is 2. The number of amides is 2. The average Bonchev–Trinajstić information content (AvgIpc) is 3.10. The van der Waals surface area contributed by atoms with Crippen LogP contribution in [0.1, 0.15) is 5.56 Å². The molecule has 2 fully saturated rings. The van der Waals surface area contributed by atoms with Crippen LogP contribution in [-0.2, 0) is 20.9 Å². The lowest BCUT2D eigenvalue weighted by atomic mass is 9.87. The quantitative estimate of drug-likeness (QED) is 0.762. The molecule has 4 rings (SSSR count). The Kier molecular flexibility index (Phi) is 5.94. The van der Waals surface area contributed by atoms with Gasteiger partial charge in [0.15, 0.2) is 5.60 Å². The molecule has 2 aromatic carbocycles. The van der Waals surface area contributed by atoms with Crippen LogP contribution in [0.5, 0.6) is 5.75 Å². The maximum atomic E-state index is 13.2. The topological polar surface area (TPSA) is 79.9 Å². The van der Waals surface area contributed by atoms with Gasteiger partial charge in [0, 0.05) is 31.9 Å². The van der Waals surface area contributed by atoms with Gasteiger partial charge in [-0.3, -0.25) is 14.5 Å². The minimum absolute atomic E-state index is 0.239. The molecule has 2 amide bonds. The fraction of sp³-hybridized carbons (Fsp3) is 0.364. The first-order valence-corrected chi connectivity index (χ1v) is 10.2. The van der Waals surface area contributed by atoms with Crippen molar-refractivity contribution < 1.29 is 19.1 Å². The molecule has 7 nitrogen and oxygen atoms in total. The summed E-state index contributed by atoms with van der Waals surface area (Å²) in [4.78, 5) is 28.2. The number of hydrogen-bond acceptors (Lipinski definition) is 5. The summed E-state index contributed by atoms with van der Waals surface area (Å²) in [6.07, 6.45) is 0. The first-order valence-electron chi connectivity index (χ1n) is 9.85. The highest BCUT2D eigenvalue weighted by Crippen LogP contribution is 2.35. The first-order chi connectivity index (χ1) is 14.5. The Balaban J connectivity index is 1.56. The molecular formula is C22H24ClN3O4. The van der Waals surface area contributed by atoms with E-state index in [0.29, 0.717) is 49.2 Å². The number of carbonyl (C=O) groups excluding carboxylic acids is 2. The molecule has 2 aliphatic rings. The lowest BCUT2D eigenvalue weighted by Gasteiger charge is -2.36. The van der Waals surface area contributed by atoms with Gasteiger partial charge in [-0.2, -0.15) is 0 Å². The highest BCUT2D eigenvalue weighted by atomic mass is 35.5. The van der Waals surface area contributed by atoms with Crippen LogP contribution >= 0.6 is 11.6 Å². The number of nitrogens with one attached hydrogen (secondary N) is 2. The molecule has 2 atom stereocenters. The number of carbonyl (C=O) groups is 2. The van der Waals surface area contributed by atoms with Crippen LogP contribution in [0.3, 0.4) is 0 Å². The zero-order chi connectivity index (χ0) is 21.1. The van der Waals surface area contributed by atoms with Crippen LogP contribution in [-0.4, -0.2) is 55.7 Å². The zero-order valence-corrected chi connectivity index (χ0v) is 17.4. The van der Waals surface area contributed by atoms with E-state index in [1.807, 2.05) is 30.3 Å². The summed E-state index contributed by atoms with van der Waals surface area (Å²) in [7, 11) is 1.53. The van der Waals surface area contributed by atoms with Crippen LogP contribution in [0.25, 0.3) is 0 Å². The fourth-order valence-corrected chi connectivity index (χ4v) is 4.39. The van der Waals surface area contributed by atoms with Gasteiger partial charge in [-0.1, -0.05) is 41.9 Å². The Bertz CT molecular complexity index is 939. The number of nitrogens with zero attached hydrogens (tertiary/aromatic N) is 1. The van der Waals surface area contributed by atoms with Gasteiger partial charge >= 0.3 is 0 Å². The third kappa shape index (κ3) is 4.01. The molecule has 158 valence electrons. The maximum absolute atomic E-state index is 13.2. The van der Waals surface area contributed by atoms with Crippen molar-refractivity contribution >= 4 is 29.1 Å². The number of rotatable bonds is 5. The first kappa shape index (κ1) is 20.7. The smallest absolute Gasteiger partial charge is 0.254 e. The van der Waals surface area contributed by atoms with Gasteiger partial charge in [0.25, 0.3) is 5.91 Å². The van der Waals surface area contributed by atoms with Gasteiger partial charge in [-0.25, -0.2) is 0 Å². The molecule has 0 bridgehead atoms. The third-order valence-corrected chi connectivity index (χ3v) is 5.87. The Morgan fingerprint density at radius 1 is 1.33 bits per heavy atom. The molecule has 0 saturated carbocycles. The lowest BCUT2D eigenvalue weighted by molar-refractivity contribution is -0.162. The van der Waals surface area contributed by atoms with Crippen LogP contribution in [0.15, 0.2) is 48.5 Å². The number of hydrogen-bond donors (Lipinski definition) is 2. The van der Waals surface area contributed by atoms with Gasteiger partial charge in [-0.05, 0) is 23.8 Å². The van der Waals surface area contributed by atoms with Crippen LogP contribution in [0.4, 0.5) is 5.69 Å². The minimum Gasteiger partial charge on any atom is -0.495 e. The van der Waals surface area contributed by atoms with E-state index in [1.165, 1.54) is 7.11 Å². The highest BCUT2D eigenvalue weighted by Gasteiger charge is 2.57. The maximum Gasteiger partial charge on any atom is 0.254 e. The van der Waals surface area contributed by atoms with Gasteiger partial charge in [0.1, 0.15) is 5.75 Å². The number of likely N-dealkylation sites (tertiary alicyclic amines) is 1. The molecule has 0 radical (unpaired) electrons. The van der Waals surface area contributed by atoms with Gasteiger partial charge in [0.2, 0.25) is 5.91 Å². The lowest BCUT2D eigenvalue weighted by Crippen LogP contribution is -2.61. The van der Waals surface area contributed by atoms with E-state index >= 15 is 0 Å². The van der Waals surface area contributed by atoms with Crippen LogP contribution < -0.4 is 15.4 Å². The Hall–Kier alpha value is -2.61. The second-order valence-electron chi connectivity index (χ2n) is 7.54. The number of morpholine rings is 1. The molecule has 2 aromatic rings. The van der Waals surface area contributed by atoms with Crippen LogP contribution in [0.2, 0.25) is 5.02 Å². The Morgan fingerprint density at radius 2 is 2.13 bits per heavy atom. The molecule has 0 unspecified atom stereocenters. The normalized spacial score (nSPS) is 23.9. The summed E-state index contributed by atoms with van der Waals surface area (Å²) in [6.45, 7) is 2.23. The van der Waals surface area contributed by atoms with E-state index in [1.54, 1.807) is 18.2 Å². The number of ether oxygens (including phenoxy) is 2. The Labute approximate surface area is 180 Å². The third-order valence-electron chi connectivity index (χ3n) is 5.58. The van der Waals surface area contributed by atoms with Crippen molar-refractivity contribution in [1.29, 1.82) is 0 Å². The molecule has 2 N–H and O–H groups in total. The average molecular weight is 430 g/mol. The van der Waals surface area contributed by atoms with Crippen molar-refractivity contribution in [2.24, 2.45) is 5.92 Å². The molecule has 1 spiro atoms. The van der Waals surface area contributed by atoms with E-state index in [2.05, 4.69) is 15.5 Å². The van der Waals surface area contributed by atoms with E-state index in [0.717, 1.165) is 5.56 Å². The van der Waals surface area contributed by atoms with Crippen molar-refractivity contribution in [3.8, 4) is 5.75 Å². The molecular weight excluding hydrogens is 406 g/mol. The van der Waals surface area contributed by atoms with Crippen molar-refractivity contribution in [2.45, 2.75) is 12.1 Å². The summed E-state index contributed by atoms with van der Waals surface area (Å²) in [5.74, 6) is -0.639. The standard InChI is InChI=1S/C22H24ClN3O4/c1-29-19-8-7-16(11-18(19)23)25-20(27)17-13-26(12-15-5-3-2-4-6-15)14-22(17)21(28)24-9-10-30-22/h2-8,11,17H,9-10,12-14H2,1H3,(H,24,28)(H,25,27)/t17-,22-/m1/s1. The summed E-state index contributed by atoms with van der Waals surface area (Å²) in [6, 6.07) is 15.0. The second kappa shape index (κ2) is 8.63. The molecule has 2 aliphatic heterocycles. The number of methoxy groups -OCH3 is 1. The zero-order valence-electron chi connectivity index (χ0n) is 16.7. The highest BCUT2D eigenvalue weighted by molar-refractivity contribution is 6.32. The summed E-state index contributed by atoms with van der Waals surface area (Å²) in [5.41, 5.74) is 0.457. The molecule has 2 heterocycles. The Morgan fingerprint density at radius 3 is 2.83 bits per heavy atom. The largest absolute Gasteiger partial charge is 0.495 e. The predicted molar refractivity (Wildman–Crippen MR) is 114 cm³/mol. The van der Waals surface area contributed by atoms with Crippen molar-refractivity contribution in [3.63, 3.8) is 0 Å².